The highest BCUT2D eigenvalue weighted by molar-refractivity contribution is 9.10. The van der Waals surface area contributed by atoms with E-state index in [-0.39, 0.29) is 6.04 Å². The monoisotopic (exact) mass is 430 g/mol. The molecule has 2 aromatic rings. The summed E-state index contributed by atoms with van der Waals surface area (Å²) in [6.45, 7) is 3.13. The summed E-state index contributed by atoms with van der Waals surface area (Å²) in [5, 5.41) is 4.36. The third-order valence-corrected chi connectivity index (χ3v) is 4.49. The number of hydrogen-bond acceptors (Lipinski definition) is 2. The van der Waals surface area contributed by atoms with Crippen molar-refractivity contribution >= 4 is 43.5 Å². The van der Waals surface area contributed by atoms with E-state index in [1.807, 2.05) is 18.3 Å². The Balaban J connectivity index is 2.23. The second-order valence-corrected chi connectivity index (χ2v) is 7.12. The van der Waals surface area contributed by atoms with Crippen LogP contribution >= 0.6 is 43.5 Å². The molecule has 1 aromatic heterocycles. The highest BCUT2D eigenvalue weighted by atomic mass is 79.9. The molecule has 0 aliphatic carbocycles. The predicted octanol–water partition coefficient (Wildman–Crippen LogP) is 5.54. The number of benzene rings is 1. The number of nitrogens with zero attached hydrogens (tertiary/aromatic N) is 1. The SMILES string of the molecule is CCCNC(Cc1ccc(Br)cc1Cl)c1cncc(Br)c1. The summed E-state index contributed by atoms with van der Waals surface area (Å²) < 4.78 is 1.99. The zero-order valence-electron chi connectivity index (χ0n) is 11.7. The highest BCUT2D eigenvalue weighted by Crippen LogP contribution is 2.27. The minimum absolute atomic E-state index is 0.202. The average molecular weight is 433 g/mol. The molecule has 0 aliphatic heterocycles. The largest absolute Gasteiger partial charge is 0.310 e. The van der Waals surface area contributed by atoms with Crippen molar-refractivity contribution < 1.29 is 0 Å². The van der Waals surface area contributed by atoms with Crippen LogP contribution in [0.15, 0.2) is 45.6 Å². The maximum atomic E-state index is 6.34. The lowest BCUT2D eigenvalue weighted by Crippen LogP contribution is -2.24. The van der Waals surface area contributed by atoms with Gasteiger partial charge in [0.05, 0.1) is 0 Å². The number of hydrogen-bond donors (Lipinski definition) is 1. The second kappa shape index (κ2) is 8.28. The normalized spacial score (nSPS) is 12.4. The Kier molecular flexibility index (Phi) is 6.68. The maximum absolute atomic E-state index is 6.34. The summed E-state index contributed by atoms with van der Waals surface area (Å²) in [5.74, 6) is 0. The lowest BCUT2D eigenvalue weighted by molar-refractivity contribution is 0.527. The van der Waals surface area contributed by atoms with E-state index >= 15 is 0 Å². The molecule has 0 amide bonds. The van der Waals surface area contributed by atoms with Gasteiger partial charge in [-0.1, -0.05) is 40.5 Å². The standard InChI is InChI=1S/C16H17Br2ClN2/c1-2-5-21-16(12-6-14(18)10-20-9-12)7-11-3-4-13(17)8-15(11)19/h3-4,6,8-10,16,21H,2,5,7H2,1H3. The molecule has 1 atom stereocenters. The Morgan fingerprint density at radius 2 is 2.00 bits per heavy atom. The number of halogens is 3. The predicted molar refractivity (Wildman–Crippen MR) is 95.8 cm³/mol. The molecule has 1 aromatic carbocycles. The van der Waals surface area contributed by atoms with Gasteiger partial charge in [0.1, 0.15) is 0 Å². The summed E-state index contributed by atoms with van der Waals surface area (Å²) >= 11 is 13.3. The van der Waals surface area contributed by atoms with Crippen molar-refractivity contribution in [3.8, 4) is 0 Å². The third kappa shape index (κ3) is 5.06. The van der Waals surface area contributed by atoms with E-state index < -0.39 is 0 Å². The Labute approximate surface area is 147 Å². The van der Waals surface area contributed by atoms with Crippen molar-refractivity contribution in [3.63, 3.8) is 0 Å². The number of nitrogens with one attached hydrogen (secondary N) is 1. The smallest absolute Gasteiger partial charge is 0.0449 e. The van der Waals surface area contributed by atoms with Gasteiger partial charge in [0.25, 0.3) is 0 Å². The van der Waals surface area contributed by atoms with Gasteiger partial charge in [0.15, 0.2) is 0 Å². The molecule has 2 nitrogen and oxygen atoms in total. The average Bonchev–Trinajstić information content (AvgIpc) is 2.45. The van der Waals surface area contributed by atoms with Gasteiger partial charge in [-0.15, -0.1) is 0 Å². The Bertz CT molecular complexity index is 605. The first kappa shape index (κ1) is 16.9. The van der Waals surface area contributed by atoms with Gasteiger partial charge in [-0.05, 0) is 64.6 Å². The summed E-state index contributed by atoms with van der Waals surface area (Å²) in [6, 6.07) is 8.34. The number of rotatable bonds is 6. The van der Waals surface area contributed by atoms with E-state index in [9.17, 15) is 0 Å². The molecule has 1 N–H and O–H groups in total. The van der Waals surface area contributed by atoms with E-state index in [0.29, 0.717) is 0 Å². The Hall–Kier alpha value is -0.420. The van der Waals surface area contributed by atoms with Gasteiger partial charge in [-0.25, -0.2) is 0 Å². The molecule has 0 fully saturated rings. The van der Waals surface area contributed by atoms with Crippen molar-refractivity contribution in [2.45, 2.75) is 25.8 Å². The van der Waals surface area contributed by atoms with Crippen molar-refractivity contribution in [3.05, 3.63) is 61.8 Å². The van der Waals surface area contributed by atoms with Crippen molar-refractivity contribution in [1.82, 2.24) is 10.3 Å². The summed E-state index contributed by atoms with van der Waals surface area (Å²) in [7, 11) is 0. The van der Waals surface area contributed by atoms with E-state index in [4.69, 9.17) is 11.6 Å². The van der Waals surface area contributed by atoms with Gasteiger partial charge in [0, 0.05) is 32.4 Å². The van der Waals surface area contributed by atoms with E-state index in [0.717, 1.165) is 44.5 Å². The third-order valence-electron chi connectivity index (χ3n) is 3.21. The van der Waals surface area contributed by atoms with Crippen molar-refractivity contribution in [2.24, 2.45) is 0 Å². The van der Waals surface area contributed by atoms with Crippen LogP contribution in [0.4, 0.5) is 0 Å². The topological polar surface area (TPSA) is 24.9 Å². The lowest BCUT2D eigenvalue weighted by atomic mass is 10.00. The van der Waals surface area contributed by atoms with Crippen LogP contribution in [-0.4, -0.2) is 11.5 Å². The molecule has 1 heterocycles. The van der Waals surface area contributed by atoms with E-state index in [1.54, 1.807) is 6.20 Å². The molecule has 0 aliphatic rings. The van der Waals surface area contributed by atoms with E-state index in [2.05, 4.69) is 61.2 Å². The summed E-state index contributed by atoms with van der Waals surface area (Å²) in [4.78, 5) is 4.26. The molecule has 1 unspecified atom stereocenters. The van der Waals surface area contributed by atoms with Crippen LogP contribution in [0.3, 0.4) is 0 Å². The fraction of sp³-hybridized carbons (Fsp3) is 0.312. The van der Waals surface area contributed by atoms with Crippen LogP contribution < -0.4 is 5.32 Å². The Morgan fingerprint density at radius 3 is 2.67 bits per heavy atom. The van der Waals surface area contributed by atoms with Gasteiger partial charge in [-0.2, -0.15) is 0 Å². The van der Waals surface area contributed by atoms with Crippen molar-refractivity contribution in [1.29, 1.82) is 0 Å². The fourth-order valence-electron chi connectivity index (χ4n) is 2.15. The van der Waals surface area contributed by atoms with Gasteiger partial charge >= 0.3 is 0 Å². The van der Waals surface area contributed by atoms with Crippen LogP contribution in [0.2, 0.25) is 5.02 Å². The van der Waals surface area contributed by atoms with Crippen LogP contribution in [0.1, 0.15) is 30.5 Å². The van der Waals surface area contributed by atoms with E-state index in [1.165, 1.54) is 0 Å². The first-order chi connectivity index (χ1) is 10.1. The quantitative estimate of drug-likeness (QED) is 0.648. The fourth-order valence-corrected chi connectivity index (χ4v) is 3.29. The minimum atomic E-state index is 0.202. The number of pyridine rings is 1. The zero-order chi connectivity index (χ0) is 15.2. The second-order valence-electron chi connectivity index (χ2n) is 4.88. The molecule has 0 saturated carbocycles. The van der Waals surface area contributed by atoms with Gasteiger partial charge in [0.2, 0.25) is 0 Å². The molecule has 0 saturated heterocycles. The van der Waals surface area contributed by atoms with Crippen LogP contribution in [0.5, 0.6) is 0 Å². The minimum Gasteiger partial charge on any atom is -0.310 e. The molecule has 21 heavy (non-hydrogen) atoms. The first-order valence-corrected chi connectivity index (χ1v) is 8.84. The van der Waals surface area contributed by atoms with Crippen LogP contribution in [0.25, 0.3) is 0 Å². The molecule has 0 spiro atoms. The number of aromatic nitrogens is 1. The highest BCUT2D eigenvalue weighted by Gasteiger charge is 2.14. The molecule has 0 bridgehead atoms. The van der Waals surface area contributed by atoms with Gasteiger partial charge in [-0.3, -0.25) is 4.98 Å². The molecule has 112 valence electrons. The first-order valence-electron chi connectivity index (χ1n) is 6.88. The Morgan fingerprint density at radius 1 is 1.19 bits per heavy atom. The molecule has 2 rings (SSSR count). The summed E-state index contributed by atoms with van der Waals surface area (Å²) in [6.07, 6.45) is 5.63. The van der Waals surface area contributed by atoms with Gasteiger partial charge < -0.3 is 5.32 Å². The maximum Gasteiger partial charge on any atom is 0.0449 e. The van der Waals surface area contributed by atoms with Crippen LogP contribution in [0, 0.1) is 0 Å². The molecule has 5 heteroatoms. The zero-order valence-corrected chi connectivity index (χ0v) is 15.7. The molecule has 0 radical (unpaired) electrons. The van der Waals surface area contributed by atoms with Crippen LogP contribution in [-0.2, 0) is 6.42 Å². The lowest BCUT2D eigenvalue weighted by Gasteiger charge is -2.20. The molecular formula is C16H17Br2ClN2. The molecular weight excluding hydrogens is 415 g/mol. The van der Waals surface area contributed by atoms with Crippen molar-refractivity contribution in [2.75, 3.05) is 6.54 Å². The summed E-state index contributed by atoms with van der Waals surface area (Å²) in [5.41, 5.74) is 2.30.